The van der Waals surface area contributed by atoms with Gasteiger partial charge in [-0.25, -0.2) is 14.6 Å². The number of nitrogens with one attached hydrogen (secondary N) is 1. The van der Waals surface area contributed by atoms with Crippen LogP contribution in [0, 0.1) is 0 Å². The Labute approximate surface area is 89.2 Å². The van der Waals surface area contributed by atoms with Gasteiger partial charge < -0.3 is 9.84 Å². The zero-order chi connectivity index (χ0) is 11.3. The van der Waals surface area contributed by atoms with Crippen molar-refractivity contribution in [3.8, 4) is 0 Å². The number of amides is 1. The van der Waals surface area contributed by atoms with Gasteiger partial charge in [0.25, 0.3) is 0 Å². The summed E-state index contributed by atoms with van der Waals surface area (Å²) < 4.78 is 4.60. The molecule has 0 fully saturated rings. The first-order valence-electron chi connectivity index (χ1n) is 3.86. The van der Waals surface area contributed by atoms with E-state index in [4.69, 9.17) is 5.11 Å². The summed E-state index contributed by atoms with van der Waals surface area (Å²) >= 11 is 0.922. The molecule has 0 radical (unpaired) electrons. The Kier molecular flexibility index (Phi) is 3.81. The number of carboxylic acids is 1. The molecule has 0 saturated heterocycles. The van der Waals surface area contributed by atoms with Gasteiger partial charge in [-0.3, -0.25) is 5.32 Å². The van der Waals surface area contributed by atoms with E-state index in [1.54, 1.807) is 0 Å². The number of carboxylic acid groups (broad SMARTS) is 1. The number of carbonyl (C=O) groups excluding carboxylic acids is 1. The van der Waals surface area contributed by atoms with Crippen LogP contribution in [0.1, 0.15) is 9.67 Å². The summed E-state index contributed by atoms with van der Waals surface area (Å²) in [5.74, 6) is -1.15. The number of anilines is 1. The molecule has 0 bridgehead atoms. The molecule has 80 valence electrons. The topological polar surface area (TPSA) is 88.5 Å². The van der Waals surface area contributed by atoms with Gasteiger partial charge in [-0.15, -0.1) is 11.3 Å². The number of rotatable bonds is 4. The van der Waals surface area contributed by atoms with Crippen LogP contribution in [0.4, 0.5) is 10.6 Å². The Morgan fingerprint density at radius 2 is 2.47 bits per heavy atom. The van der Waals surface area contributed by atoms with E-state index >= 15 is 0 Å². The lowest BCUT2D eigenvalue weighted by molar-refractivity contribution is 0.0703. The predicted molar refractivity (Wildman–Crippen MR) is 54.2 cm³/mol. The largest absolute Gasteiger partial charge is 0.477 e. The lowest BCUT2D eigenvalue weighted by Gasteiger charge is -2.02. The molecule has 0 aromatic carbocycles. The summed E-state index contributed by atoms with van der Waals surface area (Å²) in [4.78, 5) is 25.3. The average Bonchev–Trinajstić information content (AvgIpc) is 2.62. The van der Waals surface area contributed by atoms with Crippen molar-refractivity contribution in [1.82, 2.24) is 4.98 Å². The Hall–Kier alpha value is -1.89. The summed E-state index contributed by atoms with van der Waals surface area (Å²) in [6.07, 6.45) is 0.641. The fraction of sp³-hybridized carbons (Fsp3) is 0.125. The number of thiazole rings is 1. The maximum atomic E-state index is 11.0. The summed E-state index contributed by atoms with van der Waals surface area (Å²) in [6.45, 7) is 3.42. The molecule has 2 N–H and O–H groups in total. The molecule has 0 unspecified atom stereocenters. The van der Waals surface area contributed by atoms with E-state index in [9.17, 15) is 9.59 Å². The van der Waals surface area contributed by atoms with E-state index in [2.05, 4.69) is 21.6 Å². The van der Waals surface area contributed by atoms with Crippen molar-refractivity contribution in [2.45, 2.75) is 0 Å². The molecular weight excluding hydrogens is 220 g/mol. The van der Waals surface area contributed by atoms with Gasteiger partial charge in [0.2, 0.25) is 0 Å². The summed E-state index contributed by atoms with van der Waals surface area (Å²) in [7, 11) is 0. The molecule has 1 amide bonds. The van der Waals surface area contributed by atoms with Gasteiger partial charge >= 0.3 is 12.1 Å². The fourth-order valence-electron chi connectivity index (χ4n) is 0.754. The van der Waals surface area contributed by atoms with Crippen LogP contribution in [0.25, 0.3) is 0 Å². The molecule has 1 heterocycles. The van der Waals surface area contributed by atoms with E-state index < -0.39 is 12.1 Å². The van der Waals surface area contributed by atoms with Crippen LogP contribution in [-0.2, 0) is 4.74 Å². The number of aromatic carboxylic acids is 1. The molecule has 0 aliphatic rings. The molecule has 6 nitrogen and oxygen atoms in total. The molecule has 1 rings (SSSR count). The number of hydrogen-bond donors (Lipinski definition) is 2. The van der Waals surface area contributed by atoms with Gasteiger partial charge in [0.1, 0.15) is 6.61 Å². The molecule has 0 aliphatic heterocycles. The monoisotopic (exact) mass is 228 g/mol. The van der Waals surface area contributed by atoms with E-state index in [1.807, 2.05) is 0 Å². The van der Waals surface area contributed by atoms with E-state index in [0.29, 0.717) is 0 Å². The molecule has 0 saturated carbocycles. The van der Waals surface area contributed by atoms with Crippen LogP contribution in [-0.4, -0.2) is 28.8 Å². The summed E-state index contributed by atoms with van der Waals surface area (Å²) in [5.41, 5.74) is 1.33. The van der Waals surface area contributed by atoms with Crippen molar-refractivity contribution >= 4 is 29.2 Å². The first-order valence-corrected chi connectivity index (χ1v) is 4.74. The van der Waals surface area contributed by atoms with Crippen molar-refractivity contribution in [1.29, 1.82) is 0 Å². The zero-order valence-corrected chi connectivity index (χ0v) is 8.41. The Morgan fingerprint density at radius 3 is 3.07 bits per heavy atom. The smallest absolute Gasteiger partial charge is 0.413 e. The number of nitrogens with zero attached hydrogens (tertiary/aromatic N) is 1. The lowest BCUT2D eigenvalue weighted by atomic mass is 10.5. The van der Waals surface area contributed by atoms with E-state index in [1.165, 1.54) is 11.6 Å². The summed E-state index contributed by atoms with van der Waals surface area (Å²) in [6, 6.07) is 0. The molecule has 0 spiro atoms. The van der Waals surface area contributed by atoms with Gasteiger partial charge in [0.15, 0.2) is 10.7 Å². The molecular formula is C8H8N2O4S. The Balaban J connectivity index is 2.64. The maximum absolute atomic E-state index is 11.0. The number of ether oxygens (including phenoxy) is 1. The minimum Gasteiger partial charge on any atom is -0.477 e. The van der Waals surface area contributed by atoms with Crippen molar-refractivity contribution < 1.29 is 19.4 Å². The number of aromatic nitrogens is 1. The minimum atomic E-state index is -1.14. The Morgan fingerprint density at radius 1 is 1.73 bits per heavy atom. The van der Waals surface area contributed by atoms with E-state index in [-0.39, 0.29) is 17.3 Å². The van der Waals surface area contributed by atoms with Crippen LogP contribution >= 0.6 is 11.3 Å². The van der Waals surface area contributed by atoms with Crippen LogP contribution in [0.2, 0.25) is 0 Å². The molecule has 7 heteroatoms. The molecule has 15 heavy (non-hydrogen) atoms. The number of hydrogen-bond acceptors (Lipinski definition) is 5. The van der Waals surface area contributed by atoms with Crippen molar-refractivity contribution in [3.05, 3.63) is 23.0 Å². The molecule has 1 aromatic heterocycles. The van der Waals surface area contributed by atoms with Gasteiger partial charge in [0.05, 0.1) is 5.51 Å². The highest BCUT2D eigenvalue weighted by Crippen LogP contribution is 2.18. The quantitative estimate of drug-likeness (QED) is 0.763. The van der Waals surface area contributed by atoms with Crippen molar-refractivity contribution in [3.63, 3.8) is 0 Å². The molecule has 0 atom stereocenters. The van der Waals surface area contributed by atoms with Gasteiger partial charge in [0, 0.05) is 0 Å². The second-order valence-corrected chi connectivity index (χ2v) is 3.20. The number of carbonyl (C=O) groups is 2. The Bertz CT molecular complexity index is 388. The minimum absolute atomic E-state index is 0.0124. The summed E-state index contributed by atoms with van der Waals surface area (Å²) in [5, 5.41) is 10.9. The fourth-order valence-corrected chi connectivity index (χ4v) is 1.33. The SMILES string of the molecule is C=CCOC(=O)Nc1ncsc1C(=O)O. The highest BCUT2D eigenvalue weighted by molar-refractivity contribution is 7.12. The normalized spacial score (nSPS) is 9.33. The van der Waals surface area contributed by atoms with Gasteiger partial charge in [-0.05, 0) is 0 Å². The van der Waals surface area contributed by atoms with Crippen molar-refractivity contribution in [2.24, 2.45) is 0 Å². The maximum Gasteiger partial charge on any atom is 0.413 e. The van der Waals surface area contributed by atoms with Gasteiger partial charge in [-0.2, -0.15) is 0 Å². The van der Waals surface area contributed by atoms with Crippen LogP contribution < -0.4 is 5.32 Å². The van der Waals surface area contributed by atoms with Gasteiger partial charge in [-0.1, -0.05) is 12.7 Å². The molecule has 1 aromatic rings. The second kappa shape index (κ2) is 5.11. The third-order valence-corrected chi connectivity index (χ3v) is 2.13. The third-order valence-electron chi connectivity index (χ3n) is 1.31. The third kappa shape index (κ3) is 3.06. The second-order valence-electron chi connectivity index (χ2n) is 2.35. The van der Waals surface area contributed by atoms with E-state index in [0.717, 1.165) is 11.3 Å². The first kappa shape index (κ1) is 11.2. The standard InChI is InChI=1S/C8H8N2O4S/c1-2-3-14-8(13)10-6-5(7(11)12)15-4-9-6/h2,4H,1,3H2,(H,10,13)(H,11,12). The van der Waals surface area contributed by atoms with Crippen LogP contribution in [0.3, 0.4) is 0 Å². The van der Waals surface area contributed by atoms with Crippen LogP contribution in [0.15, 0.2) is 18.2 Å². The van der Waals surface area contributed by atoms with Crippen LogP contribution in [0.5, 0.6) is 0 Å². The van der Waals surface area contributed by atoms with Crippen molar-refractivity contribution in [2.75, 3.05) is 11.9 Å². The highest BCUT2D eigenvalue weighted by Gasteiger charge is 2.15. The highest BCUT2D eigenvalue weighted by atomic mass is 32.1. The zero-order valence-electron chi connectivity index (χ0n) is 7.60. The average molecular weight is 228 g/mol. The first-order chi connectivity index (χ1) is 7.15. The lowest BCUT2D eigenvalue weighted by Crippen LogP contribution is -2.15. The predicted octanol–water partition coefficient (Wildman–Crippen LogP) is 1.58. The molecule has 0 aliphatic carbocycles.